The molecule has 0 aliphatic carbocycles. The molecule has 3 N–H and O–H groups in total. The molecule has 0 fully saturated rings. The van der Waals surface area contributed by atoms with Gasteiger partial charge in [0.25, 0.3) is 0 Å². The summed E-state index contributed by atoms with van der Waals surface area (Å²) in [5, 5.41) is 11.9. The van der Waals surface area contributed by atoms with E-state index >= 15 is 4.39 Å². The predicted molar refractivity (Wildman–Crippen MR) is 148 cm³/mol. The fraction of sp³-hybridized carbons (Fsp3) is 0.429. The Morgan fingerprint density at radius 3 is 2.54 bits per heavy atom. The standard InChI is InChI=1S/C26H30F2N8O.C2H6/c1-15-31-24-18(27)11-17(12-21(24)36(15)26(2,3)4)23-19(28)13-29-25(34-23)33-22-6-5-16-14-35(10-8-30-37)9-7-20(16)32-22;1-2/h5-6,11-13,30,37H,7-10,14H2,1-4H3,(H,29,32,33,34);1-2H3. The molecule has 0 radical (unpaired) electrons. The molecule has 208 valence electrons. The second-order valence-corrected chi connectivity index (χ2v) is 10.2. The van der Waals surface area contributed by atoms with Gasteiger partial charge in [-0.25, -0.2) is 34.2 Å². The molecule has 1 aliphatic rings. The van der Waals surface area contributed by atoms with Crippen LogP contribution in [0.3, 0.4) is 0 Å². The summed E-state index contributed by atoms with van der Waals surface area (Å²) in [6.07, 6.45) is 1.84. The van der Waals surface area contributed by atoms with E-state index in [1.807, 2.05) is 58.2 Å². The molecule has 1 aliphatic heterocycles. The van der Waals surface area contributed by atoms with Crippen LogP contribution in [0.2, 0.25) is 0 Å². The molecule has 1 aromatic carbocycles. The van der Waals surface area contributed by atoms with Gasteiger partial charge >= 0.3 is 0 Å². The zero-order chi connectivity index (χ0) is 28.3. The van der Waals surface area contributed by atoms with E-state index in [4.69, 9.17) is 10.2 Å². The minimum Gasteiger partial charge on any atom is -0.323 e. The van der Waals surface area contributed by atoms with Crippen LogP contribution in [0.1, 0.15) is 51.7 Å². The Morgan fingerprint density at radius 1 is 1.05 bits per heavy atom. The number of pyridine rings is 1. The normalized spacial score (nSPS) is 13.7. The van der Waals surface area contributed by atoms with Crippen LogP contribution < -0.4 is 10.8 Å². The Morgan fingerprint density at radius 2 is 1.82 bits per heavy atom. The van der Waals surface area contributed by atoms with Gasteiger partial charge in [-0.2, -0.15) is 0 Å². The fourth-order valence-corrected chi connectivity index (χ4v) is 4.92. The summed E-state index contributed by atoms with van der Waals surface area (Å²) >= 11 is 0. The van der Waals surface area contributed by atoms with E-state index in [0.29, 0.717) is 29.3 Å². The Hall–Kier alpha value is -3.54. The Bertz CT molecular complexity index is 1460. The summed E-state index contributed by atoms with van der Waals surface area (Å²) in [6.45, 7) is 14.7. The molecule has 0 bridgehead atoms. The lowest BCUT2D eigenvalue weighted by Gasteiger charge is -2.28. The molecule has 3 aromatic heterocycles. The van der Waals surface area contributed by atoms with E-state index in [2.05, 4.69) is 30.6 Å². The molecule has 0 amide bonds. The number of nitrogens with zero attached hydrogens (tertiary/aromatic N) is 6. The van der Waals surface area contributed by atoms with Gasteiger partial charge in [0.05, 0.1) is 11.7 Å². The number of aromatic nitrogens is 5. The molecule has 39 heavy (non-hydrogen) atoms. The number of nitrogens with one attached hydrogen (secondary N) is 2. The number of rotatable bonds is 6. The molecule has 0 spiro atoms. The highest BCUT2D eigenvalue weighted by Crippen LogP contribution is 2.32. The summed E-state index contributed by atoms with van der Waals surface area (Å²) in [7, 11) is 0. The summed E-state index contributed by atoms with van der Waals surface area (Å²) in [4.78, 5) is 19.8. The van der Waals surface area contributed by atoms with Gasteiger partial charge in [0.1, 0.15) is 22.9 Å². The predicted octanol–water partition coefficient (Wildman–Crippen LogP) is 5.34. The monoisotopic (exact) mass is 538 g/mol. The van der Waals surface area contributed by atoms with Crippen molar-refractivity contribution in [1.82, 2.24) is 34.9 Å². The van der Waals surface area contributed by atoms with Gasteiger partial charge < -0.3 is 15.1 Å². The molecule has 0 saturated carbocycles. The van der Waals surface area contributed by atoms with Gasteiger partial charge in [0.2, 0.25) is 5.95 Å². The van der Waals surface area contributed by atoms with E-state index in [1.54, 1.807) is 6.07 Å². The molecule has 4 aromatic rings. The Kier molecular flexibility index (Phi) is 8.53. The average Bonchev–Trinajstić information content (AvgIpc) is 3.26. The number of aryl methyl sites for hydroxylation is 1. The lowest BCUT2D eigenvalue weighted by molar-refractivity contribution is 0.142. The van der Waals surface area contributed by atoms with E-state index < -0.39 is 11.6 Å². The maximum Gasteiger partial charge on any atom is 0.229 e. The number of benzene rings is 1. The van der Waals surface area contributed by atoms with Crippen LogP contribution in [-0.4, -0.2) is 54.2 Å². The highest BCUT2D eigenvalue weighted by Gasteiger charge is 2.23. The smallest absolute Gasteiger partial charge is 0.229 e. The first-order chi connectivity index (χ1) is 18.6. The molecule has 11 heteroatoms. The number of hydrogen-bond donors (Lipinski definition) is 3. The molecule has 0 atom stereocenters. The van der Waals surface area contributed by atoms with Gasteiger partial charge in [0, 0.05) is 49.4 Å². The first-order valence-electron chi connectivity index (χ1n) is 13.2. The summed E-state index contributed by atoms with van der Waals surface area (Å²) in [6, 6.07) is 6.79. The largest absolute Gasteiger partial charge is 0.323 e. The van der Waals surface area contributed by atoms with Crippen molar-refractivity contribution in [2.45, 2.75) is 60.0 Å². The van der Waals surface area contributed by atoms with Crippen LogP contribution in [0, 0.1) is 18.6 Å². The lowest BCUT2D eigenvalue weighted by atomic mass is 10.1. The molecule has 9 nitrogen and oxygen atoms in total. The first kappa shape index (κ1) is 28.5. The third kappa shape index (κ3) is 6.05. The molecule has 4 heterocycles. The topological polar surface area (TPSA) is 104 Å². The van der Waals surface area contributed by atoms with Crippen molar-refractivity contribution < 1.29 is 14.0 Å². The quantitative estimate of drug-likeness (QED) is 0.283. The summed E-state index contributed by atoms with van der Waals surface area (Å²) < 4.78 is 31.9. The van der Waals surface area contributed by atoms with Crippen molar-refractivity contribution in [3.63, 3.8) is 0 Å². The summed E-state index contributed by atoms with van der Waals surface area (Å²) in [5.41, 5.74) is 5.04. The highest BCUT2D eigenvalue weighted by atomic mass is 19.1. The van der Waals surface area contributed by atoms with Gasteiger partial charge in [-0.05, 0) is 51.5 Å². The van der Waals surface area contributed by atoms with Crippen LogP contribution in [0.25, 0.3) is 22.3 Å². The highest BCUT2D eigenvalue weighted by molar-refractivity contribution is 5.83. The molecular weight excluding hydrogens is 502 g/mol. The number of hydroxylamine groups is 1. The first-order valence-corrected chi connectivity index (χ1v) is 13.2. The maximum absolute atomic E-state index is 15.1. The molecule has 0 unspecified atom stereocenters. The van der Waals surface area contributed by atoms with Gasteiger partial charge in [-0.15, -0.1) is 0 Å². The van der Waals surface area contributed by atoms with Crippen molar-refractivity contribution in [3.05, 3.63) is 59.2 Å². The van der Waals surface area contributed by atoms with E-state index in [-0.39, 0.29) is 22.7 Å². The van der Waals surface area contributed by atoms with Crippen molar-refractivity contribution in [1.29, 1.82) is 0 Å². The van der Waals surface area contributed by atoms with Crippen LogP contribution in [0.15, 0.2) is 30.5 Å². The summed E-state index contributed by atoms with van der Waals surface area (Å²) in [5.74, 6) is 0.196. The Labute approximate surface area is 227 Å². The van der Waals surface area contributed by atoms with Crippen LogP contribution in [0.4, 0.5) is 20.5 Å². The Balaban J connectivity index is 0.00000172. The fourth-order valence-electron chi connectivity index (χ4n) is 4.92. The van der Waals surface area contributed by atoms with Crippen molar-refractivity contribution in [3.8, 4) is 11.3 Å². The lowest BCUT2D eigenvalue weighted by Crippen LogP contribution is -2.35. The van der Waals surface area contributed by atoms with Crippen LogP contribution >= 0.6 is 0 Å². The second kappa shape index (κ2) is 11.7. The van der Waals surface area contributed by atoms with Gasteiger partial charge in [-0.3, -0.25) is 4.90 Å². The minimum atomic E-state index is -0.654. The molecule has 0 saturated heterocycles. The van der Waals surface area contributed by atoms with Crippen LogP contribution in [0.5, 0.6) is 0 Å². The van der Waals surface area contributed by atoms with Crippen LogP contribution in [-0.2, 0) is 18.5 Å². The number of anilines is 2. The van der Waals surface area contributed by atoms with E-state index in [9.17, 15) is 4.39 Å². The zero-order valence-electron chi connectivity index (χ0n) is 23.3. The van der Waals surface area contributed by atoms with Gasteiger partial charge in [-0.1, -0.05) is 19.9 Å². The number of halogens is 2. The van der Waals surface area contributed by atoms with Crippen molar-refractivity contribution >= 4 is 22.8 Å². The average molecular weight is 539 g/mol. The minimum absolute atomic E-state index is 0.0105. The number of fused-ring (bicyclic) bond motifs is 2. The molecular formula is C28H36F2N8O. The SMILES string of the molecule is CC.Cc1nc2c(F)cc(-c3nc(Nc4ccc5c(n4)CCN(CCNO)C5)ncc3F)cc2n1C(C)(C)C. The van der Waals surface area contributed by atoms with Crippen molar-refractivity contribution in [2.24, 2.45) is 0 Å². The van der Waals surface area contributed by atoms with Gasteiger partial charge in [0.15, 0.2) is 11.6 Å². The third-order valence-electron chi connectivity index (χ3n) is 6.48. The molecule has 5 rings (SSSR count). The van der Waals surface area contributed by atoms with Crippen molar-refractivity contribution in [2.75, 3.05) is 25.0 Å². The number of imidazole rings is 1. The van der Waals surface area contributed by atoms with E-state index in [0.717, 1.165) is 43.5 Å². The second-order valence-electron chi connectivity index (χ2n) is 10.2. The van der Waals surface area contributed by atoms with E-state index in [1.165, 1.54) is 6.07 Å². The maximum atomic E-state index is 15.1. The number of hydrogen-bond acceptors (Lipinski definition) is 8. The third-order valence-corrected chi connectivity index (χ3v) is 6.48. The zero-order valence-corrected chi connectivity index (χ0v) is 23.3.